The molecule has 0 saturated carbocycles. The Morgan fingerprint density at radius 1 is 0.865 bits per heavy atom. The van der Waals surface area contributed by atoms with Gasteiger partial charge in [-0.2, -0.15) is 0 Å². The molecule has 0 saturated heterocycles. The van der Waals surface area contributed by atoms with Crippen molar-refractivity contribution in [2.24, 2.45) is 0 Å². The zero-order chi connectivity index (χ0) is 27.0. The molecule has 3 aromatic carbocycles. The first kappa shape index (κ1) is 27.9. The van der Waals surface area contributed by atoms with Crippen molar-refractivity contribution in [3.05, 3.63) is 101 Å². The van der Waals surface area contributed by atoms with E-state index in [4.69, 9.17) is 0 Å². The van der Waals surface area contributed by atoms with Crippen molar-refractivity contribution in [3.63, 3.8) is 0 Å². The van der Waals surface area contributed by atoms with Crippen LogP contribution in [0.2, 0.25) is 0 Å². The lowest BCUT2D eigenvalue weighted by Gasteiger charge is -2.33. The number of benzene rings is 3. The lowest BCUT2D eigenvalue weighted by atomic mass is 10.0. The van der Waals surface area contributed by atoms with Gasteiger partial charge < -0.3 is 10.2 Å². The molecule has 0 radical (unpaired) electrons. The van der Waals surface area contributed by atoms with E-state index >= 15 is 0 Å². The quantitative estimate of drug-likeness (QED) is 0.417. The minimum absolute atomic E-state index is 0.163. The van der Waals surface area contributed by atoms with Gasteiger partial charge in [0.25, 0.3) is 0 Å². The van der Waals surface area contributed by atoms with Gasteiger partial charge in [-0.05, 0) is 42.2 Å². The topological polar surface area (TPSA) is 86.8 Å². The molecule has 196 valence electrons. The van der Waals surface area contributed by atoms with Gasteiger partial charge in [0, 0.05) is 20.0 Å². The maximum Gasteiger partial charge on any atom is 0.244 e. The monoisotopic (exact) mass is 521 g/mol. The average Bonchev–Trinajstić information content (AvgIpc) is 2.89. The Balaban J connectivity index is 2.00. The van der Waals surface area contributed by atoms with Gasteiger partial charge >= 0.3 is 0 Å². The van der Waals surface area contributed by atoms with Crippen LogP contribution in [0.15, 0.2) is 78.9 Å². The van der Waals surface area contributed by atoms with Gasteiger partial charge in [0.15, 0.2) is 0 Å². The molecule has 1 atom stereocenters. The SMILES string of the molecule is CCc1ccc(N(CC(=O)N(Cc2ccc(C)cc2)[C@@H](Cc2ccccc2)C(=O)NC)S(C)(=O)=O)cc1. The van der Waals surface area contributed by atoms with Crippen molar-refractivity contribution in [2.75, 3.05) is 24.2 Å². The molecule has 8 heteroatoms. The Hall–Kier alpha value is -3.65. The summed E-state index contributed by atoms with van der Waals surface area (Å²) in [5.74, 6) is -0.780. The number of carbonyl (C=O) groups is 2. The van der Waals surface area contributed by atoms with Crippen LogP contribution < -0.4 is 9.62 Å². The smallest absolute Gasteiger partial charge is 0.244 e. The van der Waals surface area contributed by atoms with E-state index in [1.165, 1.54) is 11.9 Å². The first-order valence-corrected chi connectivity index (χ1v) is 14.1. The maximum atomic E-state index is 13.9. The molecule has 0 unspecified atom stereocenters. The molecule has 0 aromatic heterocycles. The van der Waals surface area contributed by atoms with Crippen molar-refractivity contribution in [3.8, 4) is 0 Å². The van der Waals surface area contributed by atoms with E-state index in [1.807, 2.05) is 80.6 Å². The molecule has 0 aliphatic carbocycles. The van der Waals surface area contributed by atoms with Crippen LogP contribution in [0.4, 0.5) is 5.69 Å². The third-order valence-corrected chi connectivity index (χ3v) is 7.44. The lowest BCUT2D eigenvalue weighted by molar-refractivity contribution is -0.139. The highest BCUT2D eigenvalue weighted by Gasteiger charge is 2.32. The highest BCUT2D eigenvalue weighted by atomic mass is 32.2. The Bertz CT molecular complexity index is 1290. The van der Waals surface area contributed by atoms with Crippen LogP contribution in [0, 0.1) is 6.92 Å². The summed E-state index contributed by atoms with van der Waals surface area (Å²) >= 11 is 0. The fourth-order valence-electron chi connectivity index (χ4n) is 4.12. The summed E-state index contributed by atoms with van der Waals surface area (Å²) in [6.45, 7) is 3.74. The molecule has 3 rings (SSSR count). The van der Waals surface area contributed by atoms with Crippen molar-refractivity contribution < 1.29 is 18.0 Å². The van der Waals surface area contributed by atoms with Crippen LogP contribution in [-0.2, 0) is 39.0 Å². The number of anilines is 1. The summed E-state index contributed by atoms with van der Waals surface area (Å²) in [7, 11) is -2.24. The van der Waals surface area contributed by atoms with Crippen LogP contribution in [0.5, 0.6) is 0 Å². The molecule has 0 spiro atoms. The largest absolute Gasteiger partial charge is 0.357 e. The van der Waals surface area contributed by atoms with Crippen LogP contribution in [0.25, 0.3) is 0 Å². The van der Waals surface area contributed by atoms with E-state index in [2.05, 4.69) is 5.32 Å². The zero-order valence-corrected chi connectivity index (χ0v) is 22.7. The normalized spacial score (nSPS) is 12.0. The molecule has 0 heterocycles. The van der Waals surface area contributed by atoms with Crippen LogP contribution in [0.3, 0.4) is 0 Å². The van der Waals surface area contributed by atoms with Gasteiger partial charge in [-0.1, -0.05) is 79.2 Å². The predicted molar refractivity (Wildman–Crippen MR) is 148 cm³/mol. The number of nitrogens with zero attached hydrogens (tertiary/aromatic N) is 2. The van der Waals surface area contributed by atoms with Crippen molar-refractivity contribution >= 4 is 27.5 Å². The first-order valence-electron chi connectivity index (χ1n) is 12.3. The lowest BCUT2D eigenvalue weighted by Crippen LogP contribution is -2.52. The third-order valence-electron chi connectivity index (χ3n) is 6.30. The van der Waals surface area contributed by atoms with Crippen molar-refractivity contribution in [1.82, 2.24) is 10.2 Å². The molecule has 2 amide bonds. The van der Waals surface area contributed by atoms with E-state index in [9.17, 15) is 18.0 Å². The number of hydrogen-bond donors (Lipinski definition) is 1. The number of nitrogens with one attached hydrogen (secondary N) is 1. The summed E-state index contributed by atoms with van der Waals surface area (Å²) in [6.07, 6.45) is 2.19. The highest BCUT2D eigenvalue weighted by molar-refractivity contribution is 7.92. The Kier molecular flexibility index (Phi) is 9.47. The number of rotatable bonds is 11. The fourth-order valence-corrected chi connectivity index (χ4v) is 4.97. The Labute approximate surface area is 220 Å². The van der Waals surface area contributed by atoms with E-state index in [0.717, 1.165) is 39.2 Å². The molecule has 1 N–H and O–H groups in total. The van der Waals surface area contributed by atoms with Crippen molar-refractivity contribution in [2.45, 2.75) is 39.3 Å². The average molecular weight is 522 g/mol. The third kappa shape index (κ3) is 7.67. The summed E-state index contributed by atoms with van der Waals surface area (Å²) in [6, 6.07) is 23.5. The first-order chi connectivity index (χ1) is 17.6. The molecule has 0 aliphatic heterocycles. The van der Waals surface area contributed by atoms with Crippen molar-refractivity contribution in [1.29, 1.82) is 0 Å². The highest BCUT2D eigenvalue weighted by Crippen LogP contribution is 2.21. The van der Waals surface area contributed by atoms with Crippen LogP contribution in [0.1, 0.15) is 29.2 Å². The minimum atomic E-state index is -3.77. The summed E-state index contributed by atoms with van der Waals surface area (Å²) < 4.78 is 26.6. The maximum absolute atomic E-state index is 13.9. The predicted octanol–water partition coefficient (Wildman–Crippen LogP) is 3.71. The molecule has 0 aliphatic rings. The molecular weight excluding hydrogens is 486 g/mol. The summed E-state index contributed by atoms with van der Waals surface area (Å²) in [4.78, 5) is 28.4. The van der Waals surface area contributed by atoms with Gasteiger partial charge in [0.1, 0.15) is 12.6 Å². The van der Waals surface area contributed by atoms with Gasteiger partial charge in [-0.25, -0.2) is 8.42 Å². The molecular formula is C29H35N3O4S. The standard InChI is InChI=1S/C29H35N3O4S/c1-5-23-15-17-26(18-16-23)32(37(4,35)36)21-28(33)31(20-25-13-11-22(2)12-14-25)27(29(34)30-3)19-24-9-7-6-8-10-24/h6-18,27H,5,19-21H2,1-4H3,(H,30,34)/t27-/m0/s1. The second-order valence-electron chi connectivity index (χ2n) is 9.12. The van der Waals surface area contributed by atoms with Crippen LogP contribution >= 0.6 is 0 Å². The fraction of sp³-hybridized carbons (Fsp3) is 0.310. The summed E-state index contributed by atoms with van der Waals surface area (Å²) in [5.41, 5.74) is 4.29. The van der Waals surface area contributed by atoms with E-state index < -0.39 is 28.5 Å². The van der Waals surface area contributed by atoms with Gasteiger partial charge in [-0.15, -0.1) is 0 Å². The van der Waals surface area contributed by atoms with Gasteiger partial charge in [0.2, 0.25) is 21.8 Å². The minimum Gasteiger partial charge on any atom is -0.357 e. The molecule has 0 bridgehead atoms. The van der Waals surface area contributed by atoms with Gasteiger partial charge in [-0.3, -0.25) is 13.9 Å². The molecule has 0 fully saturated rings. The van der Waals surface area contributed by atoms with E-state index in [1.54, 1.807) is 12.1 Å². The number of aryl methyl sites for hydroxylation is 2. The van der Waals surface area contributed by atoms with Crippen LogP contribution in [-0.4, -0.2) is 51.0 Å². The second kappa shape index (κ2) is 12.5. The summed E-state index contributed by atoms with van der Waals surface area (Å²) in [5, 5.41) is 2.68. The number of sulfonamides is 1. The number of amides is 2. The second-order valence-corrected chi connectivity index (χ2v) is 11.0. The molecule has 7 nitrogen and oxygen atoms in total. The van der Waals surface area contributed by atoms with E-state index in [0.29, 0.717) is 12.1 Å². The Morgan fingerprint density at radius 2 is 1.46 bits per heavy atom. The molecule has 37 heavy (non-hydrogen) atoms. The number of carbonyl (C=O) groups excluding carboxylic acids is 2. The Morgan fingerprint density at radius 3 is 2.00 bits per heavy atom. The zero-order valence-electron chi connectivity index (χ0n) is 21.8. The number of hydrogen-bond acceptors (Lipinski definition) is 4. The number of likely N-dealkylation sites (N-methyl/N-ethyl adjacent to an activating group) is 1. The van der Waals surface area contributed by atoms with E-state index in [-0.39, 0.29) is 12.5 Å². The van der Waals surface area contributed by atoms with Gasteiger partial charge in [0.05, 0.1) is 11.9 Å². The molecule has 3 aromatic rings.